The number of nitrogens with one attached hydrogen (secondary N) is 1. The van der Waals surface area contributed by atoms with Crippen molar-refractivity contribution in [1.29, 1.82) is 0 Å². The summed E-state index contributed by atoms with van der Waals surface area (Å²) in [5, 5.41) is 3.44. The third kappa shape index (κ3) is 5.77. The van der Waals surface area contributed by atoms with E-state index in [1.807, 2.05) is 30.5 Å². The highest BCUT2D eigenvalue weighted by Gasteiger charge is 2.05. The molecule has 1 aromatic heterocycles. The number of alkyl halides is 2. The molecule has 0 spiro atoms. The van der Waals surface area contributed by atoms with Crippen LogP contribution < -0.4 is 10.1 Å². The summed E-state index contributed by atoms with van der Waals surface area (Å²) in [5.74, 6) is 0.196. The maximum absolute atomic E-state index is 12.1. The van der Waals surface area contributed by atoms with Crippen LogP contribution in [0.2, 0.25) is 0 Å². The summed E-state index contributed by atoms with van der Waals surface area (Å²) in [7, 11) is 0. The highest BCUT2D eigenvalue weighted by molar-refractivity contribution is 5.27. The van der Waals surface area contributed by atoms with E-state index in [0.29, 0.717) is 6.04 Å². The number of hydrogen-bond acceptors (Lipinski definition) is 3. The van der Waals surface area contributed by atoms with Gasteiger partial charge < -0.3 is 10.1 Å². The first-order valence-electron chi connectivity index (χ1n) is 7.29. The van der Waals surface area contributed by atoms with Gasteiger partial charge in [0.15, 0.2) is 0 Å². The van der Waals surface area contributed by atoms with Crippen molar-refractivity contribution < 1.29 is 13.5 Å². The van der Waals surface area contributed by atoms with Gasteiger partial charge in [-0.15, -0.1) is 0 Å². The summed E-state index contributed by atoms with van der Waals surface area (Å²) in [5.41, 5.74) is 2.26. The van der Waals surface area contributed by atoms with Crippen LogP contribution in [0.25, 0.3) is 0 Å². The molecule has 0 amide bonds. The van der Waals surface area contributed by atoms with E-state index >= 15 is 0 Å². The average Bonchev–Trinajstić information content (AvgIpc) is 2.53. The van der Waals surface area contributed by atoms with Gasteiger partial charge in [-0.2, -0.15) is 8.78 Å². The largest absolute Gasteiger partial charge is 0.435 e. The average molecular weight is 306 g/mol. The lowest BCUT2D eigenvalue weighted by molar-refractivity contribution is -0.0498. The highest BCUT2D eigenvalue weighted by Crippen LogP contribution is 2.16. The maximum Gasteiger partial charge on any atom is 0.387 e. The zero-order valence-electron chi connectivity index (χ0n) is 12.5. The summed E-state index contributed by atoms with van der Waals surface area (Å²) < 4.78 is 28.5. The van der Waals surface area contributed by atoms with Crippen LogP contribution >= 0.6 is 0 Å². The smallest absolute Gasteiger partial charge is 0.387 e. The second-order valence-electron chi connectivity index (χ2n) is 5.20. The molecule has 0 saturated carbocycles. The number of ether oxygens (including phenoxy) is 1. The summed E-state index contributed by atoms with van der Waals surface area (Å²) in [6.45, 7) is 0.142. The molecule has 22 heavy (non-hydrogen) atoms. The molecule has 0 bridgehead atoms. The summed E-state index contributed by atoms with van der Waals surface area (Å²) in [4.78, 5) is 4.08. The fourth-order valence-electron chi connectivity index (χ4n) is 2.12. The molecule has 1 atom stereocenters. The molecule has 1 heterocycles. The first-order chi connectivity index (χ1) is 10.6. The number of nitrogens with zero attached hydrogens (tertiary/aromatic N) is 1. The Morgan fingerprint density at radius 3 is 2.55 bits per heavy atom. The minimum atomic E-state index is -2.78. The molecule has 118 valence electrons. The molecule has 0 radical (unpaired) electrons. The van der Waals surface area contributed by atoms with Crippen LogP contribution in [0.4, 0.5) is 8.78 Å². The molecule has 0 aliphatic carbocycles. The maximum atomic E-state index is 12.1. The van der Waals surface area contributed by atoms with Crippen LogP contribution in [0.3, 0.4) is 0 Å². The topological polar surface area (TPSA) is 34.1 Å². The number of halogens is 2. The molecule has 1 N–H and O–H groups in total. The van der Waals surface area contributed by atoms with Gasteiger partial charge in [-0.05, 0) is 49.1 Å². The molecule has 0 saturated heterocycles. The number of aryl methyl sites for hydroxylation is 1. The first kappa shape index (κ1) is 16.4. The number of benzene rings is 1. The van der Waals surface area contributed by atoms with Gasteiger partial charge in [0, 0.05) is 25.0 Å². The van der Waals surface area contributed by atoms with Crippen molar-refractivity contribution in [1.82, 2.24) is 10.3 Å². The van der Waals surface area contributed by atoms with Crippen molar-refractivity contribution in [2.75, 3.05) is 0 Å². The molecule has 2 aromatic rings. The zero-order chi connectivity index (χ0) is 15.8. The van der Waals surface area contributed by atoms with Crippen molar-refractivity contribution in [2.24, 2.45) is 0 Å². The fraction of sp³-hybridized carbons (Fsp3) is 0.353. The van der Waals surface area contributed by atoms with E-state index in [1.54, 1.807) is 18.3 Å². The third-order valence-electron chi connectivity index (χ3n) is 3.39. The predicted octanol–water partition coefficient (Wildman–Crippen LogP) is 3.79. The number of hydrogen-bond donors (Lipinski definition) is 1. The Labute approximate surface area is 129 Å². The van der Waals surface area contributed by atoms with Gasteiger partial charge in [0.25, 0.3) is 0 Å². The van der Waals surface area contributed by atoms with Gasteiger partial charge in [0.1, 0.15) is 5.75 Å². The third-order valence-corrected chi connectivity index (χ3v) is 3.39. The standard InChI is InChI=1S/C17H20F2N2O/c1-13(21-12-15-3-2-10-20-11-15)4-5-14-6-8-16(9-7-14)22-17(18)19/h2-3,6-11,13,17,21H,4-5,12H2,1H3. The van der Waals surface area contributed by atoms with Gasteiger partial charge in [-0.3, -0.25) is 4.98 Å². The second-order valence-corrected chi connectivity index (χ2v) is 5.20. The molecule has 1 unspecified atom stereocenters. The summed E-state index contributed by atoms with van der Waals surface area (Å²) in [6.07, 6.45) is 5.46. The molecule has 0 aliphatic rings. The number of pyridine rings is 1. The number of aromatic nitrogens is 1. The SMILES string of the molecule is CC(CCc1ccc(OC(F)F)cc1)NCc1cccnc1. The van der Waals surface area contributed by atoms with Crippen molar-refractivity contribution in [3.63, 3.8) is 0 Å². The predicted molar refractivity (Wildman–Crippen MR) is 81.9 cm³/mol. The Morgan fingerprint density at radius 2 is 1.91 bits per heavy atom. The van der Waals surface area contributed by atoms with Crippen LogP contribution in [-0.2, 0) is 13.0 Å². The van der Waals surface area contributed by atoms with E-state index in [1.165, 1.54) is 0 Å². The number of rotatable bonds is 8. The van der Waals surface area contributed by atoms with E-state index in [-0.39, 0.29) is 5.75 Å². The molecule has 0 aliphatic heterocycles. The molecule has 0 fully saturated rings. The minimum Gasteiger partial charge on any atom is -0.435 e. The quantitative estimate of drug-likeness (QED) is 0.805. The van der Waals surface area contributed by atoms with Gasteiger partial charge in [-0.1, -0.05) is 18.2 Å². The van der Waals surface area contributed by atoms with Gasteiger partial charge in [0.05, 0.1) is 0 Å². The van der Waals surface area contributed by atoms with E-state index in [9.17, 15) is 8.78 Å². The Hall–Kier alpha value is -2.01. The lowest BCUT2D eigenvalue weighted by atomic mass is 10.1. The Kier molecular flexibility index (Phi) is 6.27. The molecule has 2 rings (SSSR count). The van der Waals surface area contributed by atoms with E-state index in [4.69, 9.17) is 0 Å². The van der Waals surface area contributed by atoms with Crippen LogP contribution in [-0.4, -0.2) is 17.6 Å². The van der Waals surface area contributed by atoms with E-state index < -0.39 is 6.61 Å². The van der Waals surface area contributed by atoms with Crippen LogP contribution in [0, 0.1) is 0 Å². The highest BCUT2D eigenvalue weighted by atomic mass is 19.3. The fourth-order valence-corrected chi connectivity index (χ4v) is 2.12. The second kappa shape index (κ2) is 8.44. The normalized spacial score (nSPS) is 12.4. The molecule has 3 nitrogen and oxygen atoms in total. The zero-order valence-corrected chi connectivity index (χ0v) is 12.5. The van der Waals surface area contributed by atoms with Crippen LogP contribution in [0.1, 0.15) is 24.5 Å². The lowest BCUT2D eigenvalue weighted by Crippen LogP contribution is -2.26. The van der Waals surface area contributed by atoms with Crippen molar-refractivity contribution in [3.05, 3.63) is 59.9 Å². The Morgan fingerprint density at radius 1 is 1.14 bits per heavy atom. The monoisotopic (exact) mass is 306 g/mol. The van der Waals surface area contributed by atoms with Crippen molar-refractivity contribution >= 4 is 0 Å². The molecular formula is C17H20F2N2O. The Balaban J connectivity index is 1.72. The lowest BCUT2D eigenvalue weighted by Gasteiger charge is -2.14. The van der Waals surface area contributed by atoms with Gasteiger partial charge in [-0.25, -0.2) is 0 Å². The van der Waals surface area contributed by atoms with Gasteiger partial charge >= 0.3 is 6.61 Å². The Bertz CT molecular complexity index is 546. The van der Waals surface area contributed by atoms with Crippen molar-refractivity contribution in [2.45, 2.75) is 39.0 Å². The first-order valence-corrected chi connectivity index (χ1v) is 7.29. The minimum absolute atomic E-state index is 0.196. The van der Waals surface area contributed by atoms with Crippen molar-refractivity contribution in [3.8, 4) is 5.75 Å². The molecule has 5 heteroatoms. The van der Waals surface area contributed by atoms with E-state index in [2.05, 4.69) is 22.0 Å². The molecule has 1 aromatic carbocycles. The van der Waals surface area contributed by atoms with Crippen LogP contribution in [0.5, 0.6) is 5.75 Å². The van der Waals surface area contributed by atoms with Gasteiger partial charge in [0.2, 0.25) is 0 Å². The summed E-state index contributed by atoms with van der Waals surface area (Å²) >= 11 is 0. The van der Waals surface area contributed by atoms with E-state index in [0.717, 1.165) is 30.5 Å². The molecular weight excluding hydrogens is 286 g/mol. The van der Waals surface area contributed by atoms with Crippen LogP contribution in [0.15, 0.2) is 48.8 Å². The summed E-state index contributed by atoms with van der Waals surface area (Å²) in [6, 6.07) is 11.1.